The molecular weight excluding hydrogens is 234 g/mol. The number of morpholine rings is 1. The van der Waals surface area contributed by atoms with Gasteiger partial charge in [-0.25, -0.2) is 4.63 Å². The highest BCUT2D eigenvalue weighted by Crippen LogP contribution is 2.29. The van der Waals surface area contributed by atoms with Crippen molar-refractivity contribution in [1.82, 2.24) is 10.3 Å². The quantitative estimate of drug-likeness (QED) is 0.731. The molecule has 0 amide bonds. The van der Waals surface area contributed by atoms with Crippen molar-refractivity contribution in [3.63, 3.8) is 0 Å². The first-order valence-corrected chi connectivity index (χ1v) is 5.56. The van der Waals surface area contributed by atoms with E-state index in [9.17, 15) is 0 Å². The van der Waals surface area contributed by atoms with E-state index in [-0.39, 0.29) is 0 Å². The third kappa shape index (κ3) is 1.63. The maximum absolute atomic E-state index is 8.90. The molecule has 1 atom stereocenters. The predicted octanol–water partition coefficient (Wildman–Crippen LogP) is 0.534. The number of nitrogens with zero attached hydrogens (tertiary/aromatic N) is 4. The maximum Gasteiger partial charge on any atom is 0.161 e. The van der Waals surface area contributed by atoms with E-state index in [4.69, 9.17) is 20.4 Å². The monoisotopic (exact) mass is 245 g/mol. The van der Waals surface area contributed by atoms with Crippen molar-refractivity contribution < 1.29 is 9.37 Å². The SMILES string of the molecule is N#CC1CN(c2ccc(N)c3nonc23)CCO1. The number of anilines is 2. The van der Waals surface area contributed by atoms with Crippen LogP contribution in [-0.2, 0) is 4.74 Å². The van der Waals surface area contributed by atoms with Crippen molar-refractivity contribution >= 4 is 22.4 Å². The summed E-state index contributed by atoms with van der Waals surface area (Å²) in [6.45, 7) is 1.71. The van der Waals surface area contributed by atoms with Gasteiger partial charge in [0.1, 0.15) is 0 Å². The van der Waals surface area contributed by atoms with E-state index in [2.05, 4.69) is 16.4 Å². The van der Waals surface area contributed by atoms with Gasteiger partial charge in [0.15, 0.2) is 17.1 Å². The van der Waals surface area contributed by atoms with E-state index in [1.54, 1.807) is 6.07 Å². The summed E-state index contributed by atoms with van der Waals surface area (Å²) in [6.07, 6.45) is -0.425. The molecule has 0 bridgehead atoms. The van der Waals surface area contributed by atoms with Crippen LogP contribution in [0.3, 0.4) is 0 Å². The van der Waals surface area contributed by atoms with Crippen LogP contribution in [0.25, 0.3) is 11.0 Å². The Kier molecular flexibility index (Phi) is 2.50. The Balaban J connectivity index is 2.02. The van der Waals surface area contributed by atoms with Crippen LogP contribution in [-0.4, -0.2) is 36.1 Å². The third-order valence-corrected chi connectivity index (χ3v) is 2.98. The standard InChI is InChI=1S/C11H11N5O2/c12-5-7-6-16(3-4-17-7)9-2-1-8(13)10-11(9)15-18-14-10/h1-2,7H,3-4,6,13H2. The number of hydrogen-bond donors (Lipinski definition) is 1. The van der Waals surface area contributed by atoms with Gasteiger partial charge in [0, 0.05) is 6.54 Å². The first kappa shape index (κ1) is 10.8. The Morgan fingerprint density at radius 1 is 1.39 bits per heavy atom. The molecule has 1 unspecified atom stereocenters. The van der Waals surface area contributed by atoms with Gasteiger partial charge in [-0.3, -0.25) is 0 Å². The molecule has 2 N–H and O–H groups in total. The smallest absolute Gasteiger partial charge is 0.161 e. The van der Waals surface area contributed by atoms with E-state index < -0.39 is 6.10 Å². The van der Waals surface area contributed by atoms with Crippen LogP contribution in [0.2, 0.25) is 0 Å². The topological polar surface area (TPSA) is 101 Å². The normalized spacial score (nSPS) is 19.9. The molecule has 1 aliphatic heterocycles. The zero-order valence-corrected chi connectivity index (χ0v) is 9.54. The average molecular weight is 245 g/mol. The van der Waals surface area contributed by atoms with Crippen LogP contribution in [0.4, 0.5) is 11.4 Å². The first-order chi connectivity index (χ1) is 8.79. The predicted molar refractivity (Wildman–Crippen MR) is 63.8 cm³/mol. The van der Waals surface area contributed by atoms with Gasteiger partial charge in [-0.05, 0) is 22.4 Å². The molecule has 7 heteroatoms. The fourth-order valence-electron chi connectivity index (χ4n) is 2.07. The number of nitrogens with two attached hydrogens (primary N) is 1. The van der Waals surface area contributed by atoms with E-state index in [1.807, 2.05) is 11.0 Å². The molecule has 1 aliphatic rings. The van der Waals surface area contributed by atoms with Crippen LogP contribution in [0, 0.1) is 11.3 Å². The lowest BCUT2D eigenvalue weighted by atomic mass is 10.2. The summed E-state index contributed by atoms with van der Waals surface area (Å²) in [5.74, 6) is 0. The lowest BCUT2D eigenvalue weighted by molar-refractivity contribution is 0.0765. The number of rotatable bonds is 1. The van der Waals surface area contributed by atoms with Crippen molar-refractivity contribution in [3.8, 4) is 6.07 Å². The number of nitriles is 1. The minimum Gasteiger partial charge on any atom is -0.397 e. The molecule has 18 heavy (non-hydrogen) atoms. The lowest BCUT2D eigenvalue weighted by Gasteiger charge is -2.31. The Morgan fingerprint density at radius 3 is 3.06 bits per heavy atom. The molecule has 2 aromatic rings. The second-order valence-corrected chi connectivity index (χ2v) is 4.07. The number of nitrogen functional groups attached to an aromatic ring is 1. The number of benzene rings is 1. The molecule has 0 saturated carbocycles. The van der Waals surface area contributed by atoms with Crippen LogP contribution in [0.5, 0.6) is 0 Å². The lowest BCUT2D eigenvalue weighted by Crippen LogP contribution is -2.41. The van der Waals surface area contributed by atoms with Gasteiger partial charge in [0.25, 0.3) is 0 Å². The van der Waals surface area contributed by atoms with E-state index in [1.165, 1.54) is 0 Å². The summed E-state index contributed by atoms with van der Waals surface area (Å²) in [7, 11) is 0. The van der Waals surface area contributed by atoms with Crippen molar-refractivity contribution in [2.24, 2.45) is 0 Å². The molecule has 0 spiro atoms. The van der Waals surface area contributed by atoms with Gasteiger partial charge in [-0.1, -0.05) is 0 Å². The molecule has 0 aliphatic carbocycles. The zero-order valence-electron chi connectivity index (χ0n) is 9.54. The summed E-state index contributed by atoms with van der Waals surface area (Å²) in [5.41, 5.74) is 8.35. The molecule has 1 aromatic carbocycles. The van der Waals surface area contributed by atoms with E-state index in [0.717, 1.165) is 5.69 Å². The minimum atomic E-state index is -0.425. The van der Waals surface area contributed by atoms with Gasteiger partial charge in [-0.2, -0.15) is 5.26 Å². The van der Waals surface area contributed by atoms with Gasteiger partial charge in [0.2, 0.25) is 0 Å². The highest BCUT2D eigenvalue weighted by Gasteiger charge is 2.23. The summed E-state index contributed by atoms with van der Waals surface area (Å²) in [4.78, 5) is 2.03. The number of aromatic nitrogens is 2. The molecule has 3 rings (SSSR count). The van der Waals surface area contributed by atoms with Gasteiger partial charge < -0.3 is 15.4 Å². The van der Waals surface area contributed by atoms with Gasteiger partial charge in [-0.15, -0.1) is 0 Å². The number of ether oxygens (including phenoxy) is 1. The van der Waals surface area contributed by atoms with Crippen LogP contribution in [0.1, 0.15) is 0 Å². The van der Waals surface area contributed by atoms with Crippen molar-refractivity contribution in [2.45, 2.75) is 6.10 Å². The highest BCUT2D eigenvalue weighted by molar-refractivity contribution is 5.95. The van der Waals surface area contributed by atoms with Crippen LogP contribution < -0.4 is 10.6 Å². The van der Waals surface area contributed by atoms with Crippen molar-refractivity contribution in [2.75, 3.05) is 30.3 Å². The Bertz CT molecular complexity index is 617. The fourth-order valence-corrected chi connectivity index (χ4v) is 2.07. The second kappa shape index (κ2) is 4.16. The molecule has 1 aromatic heterocycles. The molecule has 92 valence electrons. The summed E-state index contributed by atoms with van der Waals surface area (Å²) >= 11 is 0. The molecular formula is C11H11N5O2. The number of hydrogen-bond acceptors (Lipinski definition) is 7. The molecule has 2 heterocycles. The van der Waals surface area contributed by atoms with Gasteiger partial charge in [0.05, 0.1) is 30.6 Å². The van der Waals surface area contributed by atoms with E-state index >= 15 is 0 Å². The summed E-state index contributed by atoms with van der Waals surface area (Å²) < 4.78 is 10.0. The van der Waals surface area contributed by atoms with Crippen LogP contribution in [0.15, 0.2) is 16.8 Å². The van der Waals surface area contributed by atoms with Crippen molar-refractivity contribution in [3.05, 3.63) is 12.1 Å². The molecule has 1 saturated heterocycles. The average Bonchev–Trinajstić information content (AvgIpc) is 2.89. The van der Waals surface area contributed by atoms with E-state index in [0.29, 0.717) is 36.4 Å². The second-order valence-electron chi connectivity index (χ2n) is 4.07. The largest absolute Gasteiger partial charge is 0.397 e. The maximum atomic E-state index is 8.90. The summed E-state index contributed by atoms with van der Waals surface area (Å²) in [5, 5.41) is 16.6. The number of fused-ring (bicyclic) bond motifs is 1. The Labute approximate surface area is 103 Å². The van der Waals surface area contributed by atoms with Crippen LogP contribution >= 0.6 is 0 Å². The highest BCUT2D eigenvalue weighted by atomic mass is 16.6. The zero-order chi connectivity index (χ0) is 12.5. The van der Waals surface area contributed by atoms with Gasteiger partial charge >= 0.3 is 0 Å². The first-order valence-electron chi connectivity index (χ1n) is 5.56. The van der Waals surface area contributed by atoms with Crippen molar-refractivity contribution in [1.29, 1.82) is 5.26 Å². The Hall–Kier alpha value is -2.33. The minimum absolute atomic E-state index is 0.425. The Morgan fingerprint density at radius 2 is 2.22 bits per heavy atom. The fraction of sp³-hybridized carbons (Fsp3) is 0.364. The molecule has 1 fully saturated rings. The molecule has 0 radical (unpaired) electrons. The molecule has 7 nitrogen and oxygen atoms in total. The third-order valence-electron chi connectivity index (χ3n) is 2.98. The summed E-state index contributed by atoms with van der Waals surface area (Å²) in [6, 6.07) is 5.73.